The molecule has 1 heterocycles. The molecule has 5 heteroatoms. The number of rotatable bonds is 3. The van der Waals surface area contributed by atoms with Crippen molar-refractivity contribution in [1.29, 1.82) is 0 Å². The smallest absolute Gasteiger partial charge is 0.239 e. The van der Waals surface area contributed by atoms with Crippen molar-refractivity contribution in [2.24, 2.45) is 17.4 Å². The van der Waals surface area contributed by atoms with Crippen molar-refractivity contribution in [2.75, 3.05) is 13.1 Å². The summed E-state index contributed by atoms with van der Waals surface area (Å²) in [6.07, 6.45) is 1.29. The van der Waals surface area contributed by atoms with E-state index in [-0.39, 0.29) is 17.7 Å². The van der Waals surface area contributed by atoms with Crippen molar-refractivity contribution in [3.8, 4) is 0 Å². The topological polar surface area (TPSA) is 89.4 Å². The van der Waals surface area contributed by atoms with Gasteiger partial charge in [-0.05, 0) is 12.8 Å². The Morgan fingerprint density at radius 1 is 1.57 bits per heavy atom. The Balaban J connectivity index is 2.49. The van der Waals surface area contributed by atoms with Gasteiger partial charge in [0, 0.05) is 13.1 Å². The molecule has 0 aromatic carbocycles. The number of carbonyl (C=O) groups is 2. The lowest BCUT2D eigenvalue weighted by Crippen LogP contribution is -2.42. The maximum Gasteiger partial charge on any atom is 0.239 e. The molecule has 1 rings (SSSR count). The van der Waals surface area contributed by atoms with E-state index < -0.39 is 6.04 Å². The third kappa shape index (κ3) is 2.23. The second-order valence-electron chi connectivity index (χ2n) is 3.69. The summed E-state index contributed by atoms with van der Waals surface area (Å²) in [4.78, 5) is 24.1. The average Bonchev–Trinajstić information content (AvgIpc) is 2.64. The highest BCUT2D eigenvalue weighted by Crippen LogP contribution is 2.16. The number of amides is 2. The Kier molecular flexibility index (Phi) is 3.46. The zero-order valence-corrected chi connectivity index (χ0v) is 8.40. The first-order valence-corrected chi connectivity index (χ1v) is 4.90. The predicted octanol–water partition coefficient (Wildman–Crippen LogP) is -0.942. The number of carbonyl (C=O) groups excluding carboxylic acids is 2. The normalized spacial score (nSPS) is 23.6. The molecule has 4 N–H and O–H groups in total. The van der Waals surface area contributed by atoms with Crippen LogP contribution < -0.4 is 11.5 Å². The van der Waals surface area contributed by atoms with Crippen LogP contribution in [0.25, 0.3) is 0 Å². The molecule has 1 unspecified atom stereocenters. The number of nitrogens with zero attached hydrogens (tertiary/aromatic N) is 1. The van der Waals surface area contributed by atoms with E-state index in [1.165, 1.54) is 0 Å². The van der Waals surface area contributed by atoms with Crippen LogP contribution in [0.2, 0.25) is 0 Å². The van der Waals surface area contributed by atoms with Crippen molar-refractivity contribution in [3.05, 3.63) is 0 Å². The van der Waals surface area contributed by atoms with E-state index in [1.807, 2.05) is 6.92 Å². The minimum absolute atomic E-state index is 0.0729. The summed E-state index contributed by atoms with van der Waals surface area (Å²) in [5.41, 5.74) is 10.8. The Morgan fingerprint density at radius 2 is 2.21 bits per heavy atom. The van der Waals surface area contributed by atoms with Crippen molar-refractivity contribution < 1.29 is 9.59 Å². The fourth-order valence-electron chi connectivity index (χ4n) is 1.60. The van der Waals surface area contributed by atoms with Gasteiger partial charge in [-0.15, -0.1) is 0 Å². The van der Waals surface area contributed by atoms with E-state index in [2.05, 4.69) is 0 Å². The lowest BCUT2D eigenvalue weighted by molar-refractivity contribution is -0.131. The molecule has 2 atom stereocenters. The van der Waals surface area contributed by atoms with Crippen LogP contribution in [-0.2, 0) is 9.59 Å². The van der Waals surface area contributed by atoms with E-state index >= 15 is 0 Å². The monoisotopic (exact) mass is 199 g/mol. The molecule has 0 bridgehead atoms. The minimum Gasteiger partial charge on any atom is -0.369 e. The molecule has 0 saturated carbocycles. The number of hydrogen-bond acceptors (Lipinski definition) is 3. The van der Waals surface area contributed by atoms with Crippen molar-refractivity contribution in [3.63, 3.8) is 0 Å². The van der Waals surface area contributed by atoms with Crippen molar-refractivity contribution >= 4 is 11.8 Å². The van der Waals surface area contributed by atoms with E-state index in [0.29, 0.717) is 25.9 Å². The van der Waals surface area contributed by atoms with Crippen molar-refractivity contribution in [2.45, 2.75) is 25.8 Å². The molecule has 0 aliphatic carbocycles. The Bertz CT molecular complexity index is 242. The third-order valence-corrected chi connectivity index (χ3v) is 2.66. The second kappa shape index (κ2) is 4.41. The van der Waals surface area contributed by atoms with Gasteiger partial charge in [0.2, 0.25) is 11.8 Å². The fraction of sp³-hybridized carbons (Fsp3) is 0.778. The largest absolute Gasteiger partial charge is 0.369 e. The molecule has 14 heavy (non-hydrogen) atoms. The molecule has 0 aromatic heterocycles. The Morgan fingerprint density at radius 3 is 2.64 bits per heavy atom. The summed E-state index contributed by atoms with van der Waals surface area (Å²) in [5.74, 6) is -0.593. The van der Waals surface area contributed by atoms with E-state index in [0.717, 1.165) is 0 Å². The van der Waals surface area contributed by atoms with Gasteiger partial charge in [-0.1, -0.05) is 6.92 Å². The molecule has 1 aliphatic heterocycles. The predicted molar refractivity (Wildman–Crippen MR) is 52.1 cm³/mol. The van der Waals surface area contributed by atoms with Gasteiger partial charge in [-0.3, -0.25) is 9.59 Å². The van der Waals surface area contributed by atoms with Crippen LogP contribution in [0, 0.1) is 5.92 Å². The molecule has 0 spiro atoms. The number of likely N-dealkylation sites (tertiary alicyclic amines) is 1. The molecule has 1 fully saturated rings. The van der Waals surface area contributed by atoms with Crippen LogP contribution in [0.15, 0.2) is 0 Å². The van der Waals surface area contributed by atoms with Crippen LogP contribution in [0.3, 0.4) is 0 Å². The first-order chi connectivity index (χ1) is 6.56. The lowest BCUT2D eigenvalue weighted by atomic mass is 10.1. The lowest BCUT2D eigenvalue weighted by Gasteiger charge is -2.19. The summed E-state index contributed by atoms with van der Waals surface area (Å²) in [5, 5.41) is 0. The van der Waals surface area contributed by atoms with Gasteiger partial charge in [-0.25, -0.2) is 0 Å². The quantitative estimate of drug-likeness (QED) is 0.614. The first-order valence-electron chi connectivity index (χ1n) is 4.90. The zero-order chi connectivity index (χ0) is 10.7. The van der Waals surface area contributed by atoms with Gasteiger partial charge in [0.25, 0.3) is 0 Å². The van der Waals surface area contributed by atoms with Gasteiger partial charge in [0.05, 0.1) is 12.0 Å². The third-order valence-electron chi connectivity index (χ3n) is 2.66. The number of nitrogens with two attached hydrogens (primary N) is 2. The van der Waals surface area contributed by atoms with Crippen molar-refractivity contribution in [1.82, 2.24) is 4.90 Å². The van der Waals surface area contributed by atoms with E-state index in [4.69, 9.17) is 11.5 Å². The molecular weight excluding hydrogens is 182 g/mol. The molecule has 1 saturated heterocycles. The first kappa shape index (κ1) is 11.0. The molecular formula is C9H17N3O2. The summed E-state index contributed by atoms with van der Waals surface area (Å²) in [7, 11) is 0. The van der Waals surface area contributed by atoms with Gasteiger partial charge in [-0.2, -0.15) is 0 Å². The van der Waals surface area contributed by atoms with E-state index in [9.17, 15) is 9.59 Å². The van der Waals surface area contributed by atoms with Gasteiger partial charge in [0.1, 0.15) is 0 Å². The van der Waals surface area contributed by atoms with Gasteiger partial charge in [0.15, 0.2) is 0 Å². The molecule has 0 aromatic rings. The van der Waals surface area contributed by atoms with Crippen LogP contribution in [0.1, 0.15) is 19.8 Å². The maximum atomic E-state index is 11.6. The molecule has 1 aliphatic rings. The minimum atomic E-state index is -0.443. The second-order valence-corrected chi connectivity index (χ2v) is 3.69. The summed E-state index contributed by atoms with van der Waals surface area (Å²) >= 11 is 0. The standard InChI is InChI=1S/C9H17N3O2/c1-2-7(10)9(14)12-4-3-6(5-12)8(11)13/h6-7H,2-5,10H2,1H3,(H2,11,13)/t6?,7-/m1/s1. The van der Waals surface area contributed by atoms with Crippen LogP contribution in [0.5, 0.6) is 0 Å². The Hall–Kier alpha value is -1.10. The Labute approximate surface area is 83.4 Å². The molecule has 80 valence electrons. The van der Waals surface area contributed by atoms with Crippen LogP contribution in [-0.4, -0.2) is 35.8 Å². The van der Waals surface area contributed by atoms with E-state index in [1.54, 1.807) is 4.90 Å². The molecule has 2 amide bonds. The molecule has 5 nitrogen and oxygen atoms in total. The SMILES string of the molecule is CC[C@@H](N)C(=O)N1CCC(C(N)=O)C1. The zero-order valence-electron chi connectivity index (χ0n) is 8.40. The highest BCUT2D eigenvalue weighted by atomic mass is 16.2. The number of primary amides is 1. The van der Waals surface area contributed by atoms with Gasteiger partial charge < -0.3 is 16.4 Å². The van der Waals surface area contributed by atoms with Crippen LogP contribution >= 0.6 is 0 Å². The highest BCUT2D eigenvalue weighted by molar-refractivity contribution is 5.84. The highest BCUT2D eigenvalue weighted by Gasteiger charge is 2.31. The van der Waals surface area contributed by atoms with Gasteiger partial charge >= 0.3 is 0 Å². The summed E-state index contributed by atoms with van der Waals surface area (Å²) in [6.45, 7) is 2.90. The summed E-state index contributed by atoms with van der Waals surface area (Å²) in [6, 6.07) is -0.443. The maximum absolute atomic E-state index is 11.6. The fourth-order valence-corrected chi connectivity index (χ4v) is 1.60. The summed E-state index contributed by atoms with van der Waals surface area (Å²) < 4.78 is 0. The number of hydrogen-bond donors (Lipinski definition) is 2. The molecule has 0 radical (unpaired) electrons. The van der Waals surface area contributed by atoms with Crippen LogP contribution in [0.4, 0.5) is 0 Å². The average molecular weight is 199 g/mol.